The quantitative estimate of drug-likeness (QED) is 0.640. The Morgan fingerprint density at radius 3 is 2.36 bits per heavy atom. The second-order valence-electron chi connectivity index (χ2n) is 7.97. The van der Waals surface area contributed by atoms with Crippen LogP contribution < -0.4 is 20.0 Å². The monoisotopic (exact) mass is 442 g/mol. The van der Waals surface area contributed by atoms with Gasteiger partial charge in [-0.1, -0.05) is 6.07 Å². The molecule has 33 heavy (non-hydrogen) atoms. The van der Waals surface area contributed by atoms with Gasteiger partial charge in [0.05, 0.1) is 24.5 Å². The molecule has 9 nitrogen and oxygen atoms in total. The van der Waals surface area contributed by atoms with Crippen LogP contribution in [0, 0.1) is 11.3 Å². The van der Waals surface area contributed by atoms with E-state index in [2.05, 4.69) is 41.0 Å². The van der Waals surface area contributed by atoms with Gasteiger partial charge in [-0.3, -0.25) is 0 Å². The number of morpholine rings is 1. The van der Waals surface area contributed by atoms with E-state index in [4.69, 9.17) is 4.74 Å². The van der Waals surface area contributed by atoms with Crippen molar-refractivity contribution < 1.29 is 4.74 Å². The summed E-state index contributed by atoms with van der Waals surface area (Å²) in [5, 5.41) is 13.1. The number of aromatic nitrogens is 3. The molecule has 4 heterocycles. The van der Waals surface area contributed by atoms with Gasteiger partial charge in [-0.15, -0.1) is 0 Å². The number of rotatable bonds is 5. The Bertz CT molecular complexity index is 1120. The number of hydrogen-bond acceptors (Lipinski definition) is 9. The molecule has 0 amide bonds. The van der Waals surface area contributed by atoms with Gasteiger partial charge >= 0.3 is 0 Å². The lowest BCUT2D eigenvalue weighted by atomic mass is 10.1. The third-order valence-electron chi connectivity index (χ3n) is 5.94. The fourth-order valence-corrected chi connectivity index (χ4v) is 4.20. The van der Waals surface area contributed by atoms with Gasteiger partial charge in [-0.05, 0) is 36.4 Å². The standard InChI is InChI=1S/C24H26N8O/c25-18-19-17-20(28-24-27-8-6-23(29-24)32-13-15-33-16-14-32)4-5-21(19)30-9-11-31(12-10-30)22-3-1-2-7-26-22/h1-8,17H,9-16H2,(H,27,28,29). The summed E-state index contributed by atoms with van der Waals surface area (Å²) in [4.78, 5) is 20.2. The summed E-state index contributed by atoms with van der Waals surface area (Å²) in [6, 6.07) is 16.1. The van der Waals surface area contributed by atoms with Crippen LogP contribution in [0.15, 0.2) is 54.9 Å². The maximum Gasteiger partial charge on any atom is 0.229 e. The van der Waals surface area contributed by atoms with Crippen LogP contribution in [-0.2, 0) is 4.74 Å². The first-order chi connectivity index (χ1) is 16.3. The predicted octanol–water partition coefficient (Wildman–Crippen LogP) is 2.65. The molecule has 0 atom stereocenters. The summed E-state index contributed by atoms with van der Waals surface area (Å²) in [6.07, 6.45) is 3.57. The lowest BCUT2D eigenvalue weighted by Crippen LogP contribution is -2.47. The van der Waals surface area contributed by atoms with Crippen molar-refractivity contribution in [2.24, 2.45) is 0 Å². The van der Waals surface area contributed by atoms with Crippen molar-refractivity contribution in [1.29, 1.82) is 5.26 Å². The van der Waals surface area contributed by atoms with E-state index < -0.39 is 0 Å². The molecule has 3 aromatic rings. The Morgan fingerprint density at radius 1 is 0.818 bits per heavy atom. The molecule has 0 aliphatic carbocycles. The summed E-state index contributed by atoms with van der Waals surface area (Å²) < 4.78 is 5.42. The van der Waals surface area contributed by atoms with Crippen molar-refractivity contribution in [3.05, 3.63) is 60.4 Å². The molecule has 2 aliphatic heterocycles. The van der Waals surface area contributed by atoms with Crippen LogP contribution in [0.1, 0.15) is 5.56 Å². The van der Waals surface area contributed by atoms with Crippen LogP contribution in [0.5, 0.6) is 0 Å². The largest absolute Gasteiger partial charge is 0.378 e. The van der Waals surface area contributed by atoms with E-state index in [1.807, 2.05) is 48.7 Å². The molecule has 1 N–H and O–H groups in total. The Labute approximate surface area is 193 Å². The molecule has 2 aliphatic rings. The lowest BCUT2D eigenvalue weighted by Gasteiger charge is -2.37. The number of ether oxygens (including phenoxy) is 1. The normalized spacial score (nSPS) is 16.4. The molecule has 1 aromatic carbocycles. The van der Waals surface area contributed by atoms with Gasteiger partial charge in [0.1, 0.15) is 17.7 Å². The van der Waals surface area contributed by atoms with Gasteiger partial charge in [0.2, 0.25) is 5.95 Å². The first-order valence-electron chi connectivity index (χ1n) is 11.2. The van der Waals surface area contributed by atoms with E-state index in [1.54, 1.807) is 6.20 Å². The minimum absolute atomic E-state index is 0.514. The highest BCUT2D eigenvalue weighted by Crippen LogP contribution is 2.27. The van der Waals surface area contributed by atoms with Gasteiger partial charge < -0.3 is 24.8 Å². The Morgan fingerprint density at radius 2 is 1.61 bits per heavy atom. The van der Waals surface area contributed by atoms with Gasteiger partial charge in [0, 0.05) is 57.3 Å². The van der Waals surface area contributed by atoms with Gasteiger partial charge in [0.25, 0.3) is 0 Å². The van der Waals surface area contributed by atoms with Crippen molar-refractivity contribution in [1.82, 2.24) is 15.0 Å². The Kier molecular flexibility index (Phi) is 6.17. The third kappa shape index (κ3) is 4.81. The maximum absolute atomic E-state index is 9.81. The van der Waals surface area contributed by atoms with Crippen molar-refractivity contribution in [3.63, 3.8) is 0 Å². The number of pyridine rings is 1. The van der Waals surface area contributed by atoms with Gasteiger partial charge in [-0.25, -0.2) is 9.97 Å². The molecular weight excluding hydrogens is 416 g/mol. The molecule has 5 rings (SSSR count). The van der Waals surface area contributed by atoms with E-state index in [0.29, 0.717) is 24.7 Å². The minimum atomic E-state index is 0.514. The van der Waals surface area contributed by atoms with E-state index in [9.17, 15) is 5.26 Å². The first kappa shape index (κ1) is 21.0. The molecule has 0 saturated carbocycles. The van der Waals surface area contributed by atoms with Crippen LogP contribution in [0.3, 0.4) is 0 Å². The zero-order chi connectivity index (χ0) is 22.5. The average molecular weight is 443 g/mol. The van der Waals surface area contributed by atoms with Crippen molar-refractivity contribution >= 4 is 29.0 Å². The number of benzene rings is 1. The molecule has 0 bridgehead atoms. The topological polar surface area (TPSA) is 93.4 Å². The highest BCUT2D eigenvalue weighted by Gasteiger charge is 2.20. The van der Waals surface area contributed by atoms with E-state index in [-0.39, 0.29) is 0 Å². The summed E-state index contributed by atoms with van der Waals surface area (Å²) in [7, 11) is 0. The molecule has 2 saturated heterocycles. The highest BCUT2D eigenvalue weighted by atomic mass is 16.5. The van der Waals surface area contributed by atoms with Gasteiger partial charge in [0.15, 0.2) is 0 Å². The average Bonchev–Trinajstić information content (AvgIpc) is 2.90. The molecule has 9 heteroatoms. The lowest BCUT2D eigenvalue weighted by molar-refractivity contribution is 0.122. The van der Waals surface area contributed by atoms with Crippen LogP contribution >= 0.6 is 0 Å². The smallest absolute Gasteiger partial charge is 0.229 e. The predicted molar refractivity (Wildman–Crippen MR) is 128 cm³/mol. The maximum atomic E-state index is 9.81. The zero-order valence-corrected chi connectivity index (χ0v) is 18.4. The number of nitriles is 1. The number of nitrogens with zero attached hydrogens (tertiary/aromatic N) is 7. The number of hydrogen-bond donors (Lipinski definition) is 1. The van der Waals surface area contributed by atoms with Crippen LogP contribution in [-0.4, -0.2) is 67.4 Å². The summed E-state index contributed by atoms with van der Waals surface area (Å²) in [5.41, 5.74) is 2.38. The van der Waals surface area contributed by atoms with Crippen LogP contribution in [0.2, 0.25) is 0 Å². The fourth-order valence-electron chi connectivity index (χ4n) is 4.20. The van der Waals surface area contributed by atoms with Gasteiger partial charge in [-0.2, -0.15) is 10.2 Å². The zero-order valence-electron chi connectivity index (χ0n) is 18.4. The summed E-state index contributed by atoms with van der Waals surface area (Å²) in [6.45, 7) is 6.44. The van der Waals surface area contributed by atoms with E-state index in [0.717, 1.165) is 62.3 Å². The second-order valence-corrected chi connectivity index (χ2v) is 7.97. The molecular formula is C24H26N8O. The van der Waals surface area contributed by atoms with E-state index in [1.165, 1.54) is 0 Å². The molecule has 2 aromatic heterocycles. The van der Waals surface area contributed by atoms with Crippen LogP contribution in [0.25, 0.3) is 0 Å². The number of piperazine rings is 1. The molecule has 0 radical (unpaired) electrons. The number of anilines is 5. The molecule has 2 fully saturated rings. The first-order valence-corrected chi connectivity index (χ1v) is 11.2. The second kappa shape index (κ2) is 9.71. The SMILES string of the molecule is N#Cc1cc(Nc2nccc(N3CCOCC3)n2)ccc1N1CCN(c2ccccn2)CC1. The minimum Gasteiger partial charge on any atom is -0.378 e. The van der Waals surface area contributed by atoms with Crippen molar-refractivity contribution in [2.45, 2.75) is 0 Å². The Hall–Kier alpha value is -3.90. The number of nitrogens with one attached hydrogen (secondary N) is 1. The molecule has 168 valence electrons. The molecule has 0 unspecified atom stereocenters. The van der Waals surface area contributed by atoms with Crippen LogP contribution in [0.4, 0.5) is 29.0 Å². The fraction of sp³-hybridized carbons (Fsp3) is 0.333. The van der Waals surface area contributed by atoms with Crippen molar-refractivity contribution in [2.75, 3.05) is 72.5 Å². The van der Waals surface area contributed by atoms with E-state index >= 15 is 0 Å². The summed E-state index contributed by atoms with van der Waals surface area (Å²) >= 11 is 0. The Balaban J connectivity index is 1.27. The summed E-state index contributed by atoms with van der Waals surface area (Å²) in [5.74, 6) is 2.38. The third-order valence-corrected chi connectivity index (χ3v) is 5.94. The molecule has 0 spiro atoms. The highest BCUT2D eigenvalue weighted by molar-refractivity contribution is 5.68. The van der Waals surface area contributed by atoms with Crippen molar-refractivity contribution in [3.8, 4) is 6.07 Å².